The first-order valence-electron chi connectivity index (χ1n) is 11.3. The molecule has 0 bridgehead atoms. The summed E-state index contributed by atoms with van der Waals surface area (Å²) >= 11 is 0. The van der Waals surface area contributed by atoms with Gasteiger partial charge in [-0.05, 0) is 61.7 Å². The third-order valence-electron chi connectivity index (χ3n) is 5.62. The van der Waals surface area contributed by atoms with Gasteiger partial charge in [0.2, 0.25) is 16.0 Å². The van der Waals surface area contributed by atoms with Gasteiger partial charge < -0.3 is 15.8 Å². The van der Waals surface area contributed by atoms with Gasteiger partial charge in [0.25, 0.3) is 0 Å². The fourth-order valence-corrected chi connectivity index (χ4v) is 4.89. The van der Waals surface area contributed by atoms with Crippen LogP contribution in [0.5, 0.6) is 5.75 Å². The smallest absolute Gasteiger partial charge is 0.223 e. The number of nitrogens with two attached hydrogens (primary N) is 1. The molecule has 0 saturated carbocycles. The average molecular weight is 484 g/mol. The second-order valence-corrected chi connectivity index (χ2v) is 10.0. The second kappa shape index (κ2) is 11.9. The summed E-state index contributed by atoms with van der Waals surface area (Å²) < 4.78 is 31.4. The van der Waals surface area contributed by atoms with Crippen molar-refractivity contribution in [1.29, 1.82) is 0 Å². The maximum absolute atomic E-state index is 12.3. The molecule has 0 amide bonds. The summed E-state index contributed by atoms with van der Waals surface area (Å²) in [6.45, 7) is 3.41. The molecule has 3 rings (SSSR count). The number of rotatable bonds is 12. The minimum atomic E-state index is -3.37. The monoisotopic (exact) mass is 483 g/mol. The van der Waals surface area contributed by atoms with Crippen LogP contribution >= 0.6 is 0 Å². The number of nitrogens with one attached hydrogen (secondary N) is 1. The van der Waals surface area contributed by atoms with Crippen LogP contribution in [0.2, 0.25) is 0 Å². The van der Waals surface area contributed by atoms with Crippen LogP contribution in [0.3, 0.4) is 0 Å². The second-order valence-electron chi connectivity index (χ2n) is 8.11. The normalized spacial score (nSPS) is 12.5. The Bertz CT molecular complexity index is 1170. The van der Waals surface area contributed by atoms with Gasteiger partial charge in [0.1, 0.15) is 5.75 Å². The highest BCUT2D eigenvalue weighted by Gasteiger charge is 2.24. The number of sulfonamides is 1. The minimum Gasteiger partial charge on any atom is -0.497 e. The lowest BCUT2D eigenvalue weighted by molar-refractivity contribution is 0.342. The molecule has 8 nitrogen and oxygen atoms in total. The van der Waals surface area contributed by atoms with Crippen LogP contribution in [0.15, 0.2) is 60.8 Å². The molecule has 1 heterocycles. The standard InChI is InChI=1S/C25H33N5O3S/c1-19(30(17-5-14-26)34(3,31)32)21-6-4-7-22(18-21)24-13-16-28-25(29-24)27-15-12-20-8-10-23(33-2)11-9-20/h4,6-11,13,16,18-19H,5,12,14-15,17,26H2,1-3H3,(H,27,28,29). The fourth-order valence-electron chi connectivity index (χ4n) is 3.73. The molecule has 0 aliphatic carbocycles. The Labute approximate surface area is 202 Å². The molecule has 0 aliphatic rings. The van der Waals surface area contributed by atoms with Crippen LogP contribution in [0.1, 0.15) is 30.5 Å². The van der Waals surface area contributed by atoms with E-state index in [2.05, 4.69) is 15.3 Å². The molecule has 0 fully saturated rings. The number of nitrogens with zero attached hydrogens (tertiary/aromatic N) is 3. The summed E-state index contributed by atoms with van der Waals surface area (Å²) in [4.78, 5) is 8.99. The lowest BCUT2D eigenvalue weighted by atomic mass is 10.0. The van der Waals surface area contributed by atoms with E-state index in [1.54, 1.807) is 13.3 Å². The Balaban J connectivity index is 1.71. The Morgan fingerprint density at radius 2 is 1.91 bits per heavy atom. The molecule has 9 heteroatoms. The number of aromatic nitrogens is 2. The molecule has 182 valence electrons. The number of ether oxygens (including phenoxy) is 1. The van der Waals surface area contributed by atoms with E-state index < -0.39 is 10.0 Å². The number of hydrogen-bond donors (Lipinski definition) is 2. The van der Waals surface area contributed by atoms with E-state index in [4.69, 9.17) is 10.5 Å². The van der Waals surface area contributed by atoms with E-state index in [0.29, 0.717) is 32.0 Å². The molecule has 0 radical (unpaired) electrons. The summed E-state index contributed by atoms with van der Waals surface area (Å²) in [6.07, 6.45) is 4.39. The Morgan fingerprint density at radius 1 is 1.15 bits per heavy atom. The molecule has 2 aromatic carbocycles. The van der Waals surface area contributed by atoms with Crippen LogP contribution in [-0.2, 0) is 16.4 Å². The van der Waals surface area contributed by atoms with Crippen LogP contribution < -0.4 is 15.8 Å². The Hall–Kier alpha value is -3.01. The maximum atomic E-state index is 12.3. The van der Waals surface area contributed by atoms with Gasteiger partial charge in [0, 0.05) is 30.9 Å². The Morgan fingerprint density at radius 3 is 2.59 bits per heavy atom. The zero-order valence-corrected chi connectivity index (χ0v) is 20.8. The van der Waals surface area contributed by atoms with Gasteiger partial charge in [-0.2, -0.15) is 4.31 Å². The molecule has 3 aromatic rings. The zero-order valence-electron chi connectivity index (χ0n) is 19.9. The fraction of sp³-hybridized carbons (Fsp3) is 0.360. The van der Waals surface area contributed by atoms with Crippen LogP contribution in [0, 0.1) is 0 Å². The molecule has 1 aromatic heterocycles. The van der Waals surface area contributed by atoms with Crippen molar-refractivity contribution in [3.63, 3.8) is 0 Å². The molecule has 0 aliphatic heterocycles. The van der Waals surface area contributed by atoms with Crippen LogP contribution in [-0.4, -0.2) is 55.7 Å². The number of anilines is 1. The topological polar surface area (TPSA) is 110 Å². The first-order valence-corrected chi connectivity index (χ1v) is 13.1. The van der Waals surface area contributed by atoms with Gasteiger partial charge in [-0.3, -0.25) is 0 Å². The van der Waals surface area contributed by atoms with Crippen molar-refractivity contribution in [2.24, 2.45) is 5.73 Å². The lowest BCUT2D eigenvalue weighted by Gasteiger charge is -2.27. The average Bonchev–Trinajstić information content (AvgIpc) is 2.84. The molecular formula is C25H33N5O3S. The van der Waals surface area contributed by atoms with Gasteiger partial charge in [-0.25, -0.2) is 18.4 Å². The quantitative estimate of drug-likeness (QED) is 0.406. The van der Waals surface area contributed by atoms with E-state index in [9.17, 15) is 8.42 Å². The van der Waals surface area contributed by atoms with Crippen molar-refractivity contribution >= 4 is 16.0 Å². The predicted molar refractivity (Wildman–Crippen MR) is 136 cm³/mol. The van der Waals surface area contributed by atoms with Crippen molar-refractivity contribution in [1.82, 2.24) is 14.3 Å². The summed E-state index contributed by atoms with van der Waals surface area (Å²) in [5.74, 6) is 1.38. The summed E-state index contributed by atoms with van der Waals surface area (Å²) in [5.41, 5.74) is 9.36. The SMILES string of the molecule is COc1ccc(CCNc2nccc(-c3cccc(C(C)N(CCCN)S(C)(=O)=O)c3)n2)cc1. The highest BCUT2D eigenvalue weighted by molar-refractivity contribution is 7.88. The van der Waals surface area contributed by atoms with E-state index in [1.165, 1.54) is 16.1 Å². The van der Waals surface area contributed by atoms with E-state index in [0.717, 1.165) is 29.0 Å². The molecular weight excluding hydrogens is 450 g/mol. The van der Waals surface area contributed by atoms with Crippen molar-refractivity contribution in [2.75, 3.05) is 38.3 Å². The van der Waals surface area contributed by atoms with Crippen molar-refractivity contribution in [2.45, 2.75) is 25.8 Å². The molecule has 0 spiro atoms. The maximum Gasteiger partial charge on any atom is 0.223 e. The summed E-state index contributed by atoms with van der Waals surface area (Å²) in [6, 6.07) is 17.3. The molecule has 1 unspecified atom stereocenters. The Kier molecular flexibility index (Phi) is 8.98. The predicted octanol–water partition coefficient (Wildman–Crippen LogP) is 3.48. The van der Waals surface area contributed by atoms with Gasteiger partial charge >= 0.3 is 0 Å². The number of methoxy groups -OCH3 is 1. The van der Waals surface area contributed by atoms with Gasteiger partial charge in [-0.15, -0.1) is 0 Å². The van der Waals surface area contributed by atoms with E-state index in [-0.39, 0.29) is 6.04 Å². The van der Waals surface area contributed by atoms with Crippen molar-refractivity contribution in [3.05, 3.63) is 71.9 Å². The highest BCUT2D eigenvalue weighted by Crippen LogP contribution is 2.27. The highest BCUT2D eigenvalue weighted by atomic mass is 32.2. The van der Waals surface area contributed by atoms with Crippen LogP contribution in [0.25, 0.3) is 11.3 Å². The van der Waals surface area contributed by atoms with Crippen LogP contribution in [0.4, 0.5) is 5.95 Å². The summed E-state index contributed by atoms with van der Waals surface area (Å²) in [7, 11) is -1.72. The van der Waals surface area contributed by atoms with Crippen molar-refractivity contribution < 1.29 is 13.2 Å². The number of benzene rings is 2. The minimum absolute atomic E-state index is 0.314. The van der Waals surface area contributed by atoms with Gasteiger partial charge in [0.05, 0.1) is 19.1 Å². The molecule has 1 atom stereocenters. The van der Waals surface area contributed by atoms with Gasteiger partial charge in [0.15, 0.2) is 0 Å². The molecule has 0 saturated heterocycles. The van der Waals surface area contributed by atoms with Gasteiger partial charge in [-0.1, -0.05) is 30.3 Å². The first-order chi connectivity index (χ1) is 16.3. The first kappa shape index (κ1) is 25.6. The van der Waals surface area contributed by atoms with E-state index in [1.807, 2.05) is 61.5 Å². The molecule has 3 N–H and O–H groups in total. The summed E-state index contributed by atoms with van der Waals surface area (Å²) in [5, 5.41) is 3.28. The van der Waals surface area contributed by atoms with Crippen molar-refractivity contribution in [3.8, 4) is 17.0 Å². The molecule has 34 heavy (non-hydrogen) atoms. The number of hydrogen-bond acceptors (Lipinski definition) is 7. The third kappa shape index (κ3) is 6.99. The largest absolute Gasteiger partial charge is 0.497 e. The zero-order chi connectivity index (χ0) is 24.6. The van der Waals surface area contributed by atoms with E-state index >= 15 is 0 Å². The third-order valence-corrected chi connectivity index (χ3v) is 6.97. The lowest BCUT2D eigenvalue weighted by Crippen LogP contribution is -2.34.